The summed E-state index contributed by atoms with van der Waals surface area (Å²) >= 11 is 7.54. The highest BCUT2D eigenvalue weighted by atomic mass is 35.5. The van der Waals surface area contributed by atoms with Crippen LogP contribution in [-0.4, -0.2) is 17.6 Å². The van der Waals surface area contributed by atoms with Gasteiger partial charge in [0.2, 0.25) is 0 Å². The zero-order valence-electron chi connectivity index (χ0n) is 22.0. The van der Waals surface area contributed by atoms with Gasteiger partial charge in [0.15, 0.2) is 4.80 Å². The van der Waals surface area contributed by atoms with Crippen LogP contribution in [0.25, 0.3) is 23.1 Å². The maximum absolute atomic E-state index is 13.9. The van der Waals surface area contributed by atoms with Crippen LogP contribution in [0, 0.1) is 0 Å². The summed E-state index contributed by atoms with van der Waals surface area (Å²) < 4.78 is 13.3. The van der Waals surface area contributed by atoms with Crippen LogP contribution in [0.2, 0.25) is 5.02 Å². The lowest BCUT2D eigenvalue weighted by Gasteiger charge is -2.30. The summed E-state index contributed by atoms with van der Waals surface area (Å²) in [6.45, 7) is 0. The molecular formula is C33H23ClN2O4S. The Labute approximate surface area is 244 Å². The van der Waals surface area contributed by atoms with Gasteiger partial charge in [-0.1, -0.05) is 77.5 Å². The third kappa shape index (κ3) is 4.38. The Balaban J connectivity index is 1.35. The topological polar surface area (TPSA) is 73.8 Å². The van der Waals surface area contributed by atoms with Crippen LogP contribution in [0.3, 0.4) is 0 Å². The molecule has 1 aliphatic heterocycles. The van der Waals surface area contributed by atoms with E-state index in [0.717, 1.165) is 29.7 Å². The van der Waals surface area contributed by atoms with Gasteiger partial charge in [-0.05, 0) is 59.9 Å². The molecule has 202 valence electrons. The molecule has 2 aromatic heterocycles. The monoisotopic (exact) mass is 578 g/mol. The number of aromatic nitrogens is 1. The molecule has 2 aliphatic rings. The van der Waals surface area contributed by atoms with Gasteiger partial charge >= 0.3 is 5.97 Å². The number of carbonyl (C=O) groups is 1. The lowest BCUT2D eigenvalue weighted by Crippen LogP contribution is -2.38. The number of hydrogen-bond donors (Lipinski definition) is 0. The number of carbonyl (C=O) groups excluding carboxylic acids is 1. The van der Waals surface area contributed by atoms with Crippen molar-refractivity contribution in [1.82, 2.24) is 4.57 Å². The van der Waals surface area contributed by atoms with Crippen molar-refractivity contribution in [3.63, 3.8) is 0 Å². The van der Waals surface area contributed by atoms with Gasteiger partial charge in [0, 0.05) is 17.2 Å². The second-order valence-electron chi connectivity index (χ2n) is 9.91. The average Bonchev–Trinajstić information content (AvgIpc) is 3.60. The first kappa shape index (κ1) is 25.5. The molecule has 8 heteroatoms. The van der Waals surface area contributed by atoms with Crippen molar-refractivity contribution >= 4 is 40.7 Å². The van der Waals surface area contributed by atoms with Gasteiger partial charge in [0.05, 0.1) is 34.0 Å². The molecule has 0 amide bonds. The minimum atomic E-state index is -0.525. The molecule has 1 aliphatic carbocycles. The van der Waals surface area contributed by atoms with Crippen LogP contribution >= 0.6 is 22.9 Å². The van der Waals surface area contributed by atoms with Crippen LogP contribution in [0.4, 0.5) is 0 Å². The molecule has 6 nitrogen and oxygen atoms in total. The molecule has 0 bridgehead atoms. The smallest absolute Gasteiger partial charge is 0.339 e. The van der Waals surface area contributed by atoms with Gasteiger partial charge < -0.3 is 9.15 Å². The Morgan fingerprint density at radius 1 is 1.05 bits per heavy atom. The fourth-order valence-electron chi connectivity index (χ4n) is 5.62. The van der Waals surface area contributed by atoms with Crippen molar-refractivity contribution in [2.75, 3.05) is 7.11 Å². The summed E-state index contributed by atoms with van der Waals surface area (Å²) in [4.78, 5) is 31.8. The normalized spacial score (nSPS) is 16.0. The van der Waals surface area contributed by atoms with E-state index in [9.17, 15) is 9.59 Å². The first-order valence-electron chi connectivity index (χ1n) is 13.2. The van der Waals surface area contributed by atoms with Gasteiger partial charge in [0.1, 0.15) is 11.5 Å². The molecule has 0 N–H and O–H groups in total. The standard InChI is InChI=1S/C33H23ClN2O4S/c1-39-32(38)25-17-21(12-15-26(25)34)27-16-13-22(40-27)18-28-31(37)36-30(20-8-3-2-4-9-20)24-14-11-19-7-5-6-10-23(19)29(24)35-33(36)41-28/h2-10,12-13,15-18,30H,11,14H2,1H3/b28-18+/t30-/m1/s1. The third-order valence-electron chi connectivity index (χ3n) is 7.54. The van der Waals surface area contributed by atoms with Gasteiger partial charge in [-0.2, -0.15) is 0 Å². The SMILES string of the molecule is COC(=O)c1cc(-c2ccc(/C=c3/sc4n(c3=O)[C@H](c3ccccc3)C3=C(N=4)c4ccccc4CC3)o2)ccc1Cl. The van der Waals surface area contributed by atoms with Crippen LogP contribution in [0.15, 0.2) is 105 Å². The van der Waals surface area contributed by atoms with Crippen LogP contribution in [0.1, 0.15) is 45.3 Å². The molecule has 0 spiro atoms. The largest absolute Gasteiger partial charge is 0.465 e. The number of methoxy groups -OCH3 is 1. The molecule has 0 saturated heterocycles. The van der Waals surface area contributed by atoms with Gasteiger partial charge in [-0.15, -0.1) is 0 Å². The molecule has 41 heavy (non-hydrogen) atoms. The number of nitrogens with zero attached hydrogens (tertiary/aromatic N) is 2. The van der Waals surface area contributed by atoms with E-state index in [1.165, 1.54) is 29.6 Å². The molecule has 0 fully saturated rings. The Morgan fingerprint density at radius 3 is 2.68 bits per heavy atom. The van der Waals surface area contributed by atoms with Crippen molar-refractivity contribution in [2.24, 2.45) is 4.99 Å². The Hall–Kier alpha value is -4.46. The number of ether oxygens (including phenoxy) is 1. The number of halogens is 1. The quantitative estimate of drug-likeness (QED) is 0.245. The third-order valence-corrected chi connectivity index (χ3v) is 8.86. The first-order valence-corrected chi connectivity index (χ1v) is 14.4. The number of aryl methyl sites for hydroxylation is 1. The molecule has 0 unspecified atom stereocenters. The van der Waals surface area contributed by atoms with E-state index in [1.54, 1.807) is 36.4 Å². The second-order valence-corrected chi connectivity index (χ2v) is 11.3. The molecule has 0 saturated carbocycles. The maximum atomic E-state index is 13.9. The van der Waals surface area contributed by atoms with Crippen LogP contribution in [0.5, 0.6) is 0 Å². The van der Waals surface area contributed by atoms with Crippen LogP contribution < -0.4 is 14.9 Å². The minimum Gasteiger partial charge on any atom is -0.465 e. The van der Waals surface area contributed by atoms with Crippen molar-refractivity contribution in [3.05, 3.63) is 143 Å². The molecule has 1 atom stereocenters. The van der Waals surface area contributed by atoms with E-state index >= 15 is 0 Å². The summed E-state index contributed by atoms with van der Waals surface area (Å²) in [5.41, 5.74) is 6.43. The zero-order valence-corrected chi connectivity index (χ0v) is 23.5. The Kier molecular flexibility index (Phi) is 6.33. The number of allylic oxidation sites excluding steroid dienone is 1. The summed E-state index contributed by atoms with van der Waals surface area (Å²) in [5, 5.41) is 0.298. The van der Waals surface area contributed by atoms with E-state index in [-0.39, 0.29) is 17.2 Å². The Morgan fingerprint density at radius 2 is 1.85 bits per heavy atom. The highest BCUT2D eigenvalue weighted by Gasteiger charge is 2.32. The minimum absolute atomic E-state index is 0.106. The molecular weight excluding hydrogens is 556 g/mol. The second kappa shape index (κ2) is 10.2. The number of hydrogen-bond acceptors (Lipinski definition) is 6. The number of fused-ring (bicyclic) bond motifs is 3. The number of rotatable bonds is 4. The van der Waals surface area contributed by atoms with Crippen LogP contribution in [-0.2, 0) is 11.2 Å². The number of thiazole rings is 1. The van der Waals surface area contributed by atoms with Crippen molar-refractivity contribution in [2.45, 2.75) is 18.9 Å². The van der Waals surface area contributed by atoms with E-state index in [4.69, 9.17) is 25.7 Å². The zero-order chi connectivity index (χ0) is 28.1. The average molecular weight is 579 g/mol. The van der Waals surface area contributed by atoms with E-state index in [2.05, 4.69) is 30.3 Å². The predicted molar refractivity (Wildman–Crippen MR) is 160 cm³/mol. The number of benzene rings is 3. The summed E-state index contributed by atoms with van der Waals surface area (Å²) in [7, 11) is 1.31. The van der Waals surface area contributed by atoms with E-state index < -0.39 is 5.97 Å². The highest BCUT2D eigenvalue weighted by Crippen LogP contribution is 2.41. The number of esters is 1. The van der Waals surface area contributed by atoms with E-state index in [1.807, 2.05) is 28.8 Å². The lowest BCUT2D eigenvalue weighted by atomic mass is 9.83. The molecule has 3 heterocycles. The molecule has 3 aromatic carbocycles. The summed E-state index contributed by atoms with van der Waals surface area (Å²) in [6.07, 6.45) is 3.51. The lowest BCUT2D eigenvalue weighted by molar-refractivity contribution is 0.0601. The first-order chi connectivity index (χ1) is 20.0. The fraction of sp³-hybridized carbons (Fsp3) is 0.121. The van der Waals surface area contributed by atoms with Crippen molar-refractivity contribution < 1.29 is 13.9 Å². The van der Waals surface area contributed by atoms with Crippen molar-refractivity contribution in [3.8, 4) is 11.3 Å². The predicted octanol–water partition coefficient (Wildman–Crippen LogP) is 6.02. The maximum Gasteiger partial charge on any atom is 0.339 e. The van der Waals surface area contributed by atoms with Crippen molar-refractivity contribution in [1.29, 1.82) is 0 Å². The molecule has 7 rings (SSSR count). The highest BCUT2D eigenvalue weighted by molar-refractivity contribution is 7.07. The molecule has 5 aromatic rings. The summed E-state index contributed by atoms with van der Waals surface area (Å²) in [5.74, 6) is 0.535. The van der Waals surface area contributed by atoms with E-state index in [0.29, 0.717) is 31.4 Å². The van der Waals surface area contributed by atoms with Gasteiger partial charge in [-0.3, -0.25) is 9.36 Å². The molecule has 0 radical (unpaired) electrons. The summed E-state index contributed by atoms with van der Waals surface area (Å²) in [6, 6.07) is 27.0. The van der Waals surface area contributed by atoms with Gasteiger partial charge in [-0.25, -0.2) is 9.79 Å². The number of furan rings is 1. The fourth-order valence-corrected chi connectivity index (χ4v) is 6.79. The Bertz CT molecular complexity index is 2050. The van der Waals surface area contributed by atoms with Gasteiger partial charge in [0.25, 0.3) is 5.56 Å².